The number of thiophene rings is 1. The van der Waals surface area contributed by atoms with Gasteiger partial charge in [0.1, 0.15) is 10.6 Å². The quantitative estimate of drug-likeness (QED) is 0.451. The lowest BCUT2D eigenvalue weighted by Gasteiger charge is -2.32. The summed E-state index contributed by atoms with van der Waals surface area (Å²) in [6.45, 7) is 1.44. The van der Waals surface area contributed by atoms with E-state index in [0.29, 0.717) is 11.6 Å². The zero-order valence-corrected chi connectivity index (χ0v) is 19.4. The molecule has 0 spiro atoms. The van der Waals surface area contributed by atoms with Gasteiger partial charge < -0.3 is 15.4 Å². The molecule has 0 fully saturated rings. The second kappa shape index (κ2) is 8.94. The van der Waals surface area contributed by atoms with Gasteiger partial charge in [0, 0.05) is 18.0 Å². The number of aryl methyl sites for hydroxylation is 2. The molecule has 5 rings (SSSR count). The topological polar surface area (TPSA) is 98.4 Å². The maximum Gasteiger partial charge on any atom is 0.308 e. The number of nitrogen functional groups attached to an aromatic ring is 1. The third kappa shape index (κ3) is 4.23. The zero-order chi connectivity index (χ0) is 22.9. The van der Waals surface area contributed by atoms with Crippen molar-refractivity contribution in [1.29, 1.82) is 0 Å². The maximum atomic E-state index is 12.7. The fourth-order valence-corrected chi connectivity index (χ4v) is 6.04. The number of benzene rings is 1. The van der Waals surface area contributed by atoms with E-state index >= 15 is 0 Å². The van der Waals surface area contributed by atoms with E-state index in [-0.39, 0.29) is 18.9 Å². The largest absolute Gasteiger partial charge is 0.457 e. The number of rotatable bonds is 4. The summed E-state index contributed by atoms with van der Waals surface area (Å²) in [6, 6.07) is 7.34. The van der Waals surface area contributed by atoms with Gasteiger partial charge in [-0.2, -0.15) is 0 Å². The summed E-state index contributed by atoms with van der Waals surface area (Å²) in [6.07, 6.45) is 9.31. The highest BCUT2D eigenvalue weighted by Crippen LogP contribution is 2.37. The van der Waals surface area contributed by atoms with Gasteiger partial charge in [0.25, 0.3) is 0 Å². The smallest absolute Gasteiger partial charge is 0.308 e. The molecule has 170 valence electrons. The molecule has 33 heavy (non-hydrogen) atoms. The Morgan fingerprint density at radius 3 is 2.85 bits per heavy atom. The Balaban J connectivity index is 1.32. The van der Waals surface area contributed by atoms with Crippen molar-refractivity contribution >= 4 is 45.3 Å². The van der Waals surface area contributed by atoms with Crippen molar-refractivity contribution in [2.24, 2.45) is 0 Å². The summed E-state index contributed by atoms with van der Waals surface area (Å²) in [5, 5.41) is 0.967. The van der Waals surface area contributed by atoms with E-state index < -0.39 is 12.0 Å². The molecular formula is C25H26N4O3S. The number of hydrogen-bond acceptors (Lipinski definition) is 7. The molecule has 1 aromatic carbocycles. The molecule has 0 saturated heterocycles. The van der Waals surface area contributed by atoms with Crippen molar-refractivity contribution in [3.8, 4) is 0 Å². The number of fused-ring (bicyclic) bond motifs is 4. The summed E-state index contributed by atoms with van der Waals surface area (Å²) < 4.78 is 5.52. The Kier molecular flexibility index (Phi) is 5.85. The molecule has 3 heterocycles. The molecule has 1 aliphatic carbocycles. The zero-order valence-electron chi connectivity index (χ0n) is 18.5. The molecular weight excluding hydrogens is 436 g/mol. The minimum atomic E-state index is -0.416. The second-order valence-corrected chi connectivity index (χ2v) is 9.60. The summed E-state index contributed by atoms with van der Waals surface area (Å²) in [4.78, 5) is 37.7. The molecule has 8 heteroatoms. The number of esters is 1. The van der Waals surface area contributed by atoms with Crippen LogP contribution >= 0.6 is 11.3 Å². The van der Waals surface area contributed by atoms with E-state index in [1.165, 1.54) is 30.2 Å². The van der Waals surface area contributed by atoms with Crippen LogP contribution in [-0.2, 0) is 33.8 Å². The van der Waals surface area contributed by atoms with E-state index in [1.54, 1.807) is 22.4 Å². The summed E-state index contributed by atoms with van der Waals surface area (Å²) >= 11 is 1.68. The highest BCUT2D eigenvalue weighted by atomic mass is 32.1. The van der Waals surface area contributed by atoms with E-state index in [1.807, 2.05) is 30.3 Å². The number of carbonyl (C=O) groups excluding carboxylic acids is 2. The maximum absolute atomic E-state index is 12.7. The van der Waals surface area contributed by atoms with Gasteiger partial charge in [0.05, 0.1) is 17.8 Å². The minimum Gasteiger partial charge on any atom is -0.457 e. The fraction of sp³-hybridized carbons (Fsp3) is 0.360. The third-order valence-corrected chi connectivity index (χ3v) is 7.52. The van der Waals surface area contributed by atoms with Crippen molar-refractivity contribution in [2.75, 3.05) is 5.73 Å². The van der Waals surface area contributed by atoms with Gasteiger partial charge in [-0.1, -0.05) is 30.7 Å². The molecule has 1 amide bonds. The van der Waals surface area contributed by atoms with Crippen molar-refractivity contribution in [3.63, 3.8) is 0 Å². The van der Waals surface area contributed by atoms with Crippen LogP contribution in [-0.4, -0.2) is 26.7 Å². The molecule has 2 aliphatic rings. The van der Waals surface area contributed by atoms with Gasteiger partial charge in [-0.05, 0) is 48.4 Å². The lowest BCUT2D eigenvalue weighted by Crippen LogP contribution is -2.32. The number of amides is 1. The molecule has 7 nitrogen and oxygen atoms in total. The number of ether oxygens (including phenoxy) is 1. The first-order chi connectivity index (χ1) is 16.0. The van der Waals surface area contributed by atoms with Crippen LogP contribution in [0.15, 0.2) is 30.5 Å². The second-order valence-electron chi connectivity index (χ2n) is 8.52. The van der Waals surface area contributed by atoms with Crippen LogP contribution in [0.25, 0.3) is 16.3 Å². The first-order valence-electron chi connectivity index (χ1n) is 11.3. The monoisotopic (exact) mass is 462 g/mol. The van der Waals surface area contributed by atoms with Crippen molar-refractivity contribution in [2.45, 2.75) is 58.1 Å². The van der Waals surface area contributed by atoms with Gasteiger partial charge in [0.15, 0.2) is 12.4 Å². The van der Waals surface area contributed by atoms with Crippen molar-refractivity contribution in [3.05, 3.63) is 57.9 Å². The van der Waals surface area contributed by atoms with Crippen LogP contribution in [0, 0.1) is 0 Å². The molecule has 3 aromatic rings. The van der Waals surface area contributed by atoms with E-state index in [0.717, 1.165) is 40.6 Å². The Bertz CT molecular complexity index is 1270. The fourth-order valence-electron chi connectivity index (χ4n) is 4.75. The summed E-state index contributed by atoms with van der Waals surface area (Å²) in [7, 11) is 0. The van der Waals surface area contributed by atoms with Crippen molar-refractivity contribution in [1.82, 2.24) is 14.9 Å². The van der Waals surface area contributed by atoms with Crippen LogP contribution in [0.1, 0.15) is 66.0 Å². The van der Waals surface area contributed by atoms with Gasteiger partial charge in [-0.25, -0.2) is 9.97 Å². The van der Waals surface area contributed by atoms with Gasteiger partial charge >= 0.3 is 5.97 Å². The highest BCUT2D eigenvalue weighted by molar-refractivity contribution is 7.19. The minimum absolute atomic E-state index is 0.0476. The molecule has 0 bridgehead atoms. The van der Waals surface area contributed by atoms with Crippen molar-refractivity contribution < 1.29 is 14.3 Å². The van der Waals surface area contributed by atoms with Gasteiger partial charge in [-0.15, -0.1) is 11.3 Å². The SMILES string of the molecule is CC(=O)N1C=Cc2ccccc2C1CC(=O)OCc1nc(N)c2c3c(sc2n1)CCCCC3. The number of carbonyl (C=O) groups is 2. The van der Waals surface area contributed by atoms with Gasteiger partial charge in [0.2, 0.25) is 5.91 Å². The average molecular weight is 463 g/mol. The molecule has 2 N–H and O–H groups in total. The standard InChI is InChI=1S/C25H26N4O3S/c1-15(30)29-12-11-16-7-5-6-8-17(16)19(29)13-22(31)32-14-21-27-24(26)23-18-9-3-2-4-10-20(18)33-25(23)28-21/h5-8,11-12,19H,2-4,9-10,13-14H2,1H3,(H2,26,27,28). The van der Waals surface area contributed by atoms with Crippen LogP contribution in [0.4, 0.5) is 5.82 Å². The molecule has 1 aliphatic heterocycles. The van der Waals surface area contributed by atoms with Crippen LogP contribution in [0.2, 0.25) is 0 Å². The number of hydrogen-bond donors (Lipinski definition) is 1. The predicted octanol–water partition coefficient (Wildman–Crippen LogP) is 4.55. The Labute approximate surface area is 196 Å². The van der Waals surface area contributed by atoms with Crippen LogP contribution in [0.5, 0.6) is 0 Å². The average Bonchev–Trinajstić information content (AvgIpc) is 2.99. The highest BCUT2D eigenvalue weighted by Gasteiger charge is 2.29. The third-order valence-electron chi connectivity index (χ3n) is 6.33. The number of anilines is 1. The number of nitrogens with two attached hydrogens (primary N) is 1. The summed E-state index contributed by atoms with van der Waals surface area (Å²) in [5.41, 5.74) is 9.51. The lowest BCUT2D eigenvalue weighted by atomic mass is 9.94. The normalized spacial score (nSPS) is 17.4. The predicted molar refractivity (Wildman–Crippen MR) is 128 cm³/mol. The van der Waals surface area contributed by atoms with E-state index in [2.05, 4.69) is 9.97 Å². The summed E-state index contributed by atoms with van der Waals surface area (Å²) in [5.74, 6) is 0.315. The molecule has 1 unspecified atom stereocenters. The Morgan fingerprint density at radius 2 is 2.00 bits per heavy atom. The number of aromatic nitrogens is 2. The molecule has 0 saturated carbocycles. The van der Waals surface area contributed by atoms with E-state index in [9.17, 15) is 9.59 Å². The molecule has 2 aromatic heterocycles. The first-order valence-corrected chi connectivity index (χ1v) is 12.1. The Hall–Kier alpha value is -3.26. The van der Waals surface area contributed by atoms with Crippen LogP contribution < -0.4 is 5.73 Å². The molecule has 1 atom stereocenters. The number of nitrogens with zero attached hydrogens (tertiary/aromatic N) is 3. The lowest BCUT2D eigenvalue weighted by molar-refractivity contribution is -0.147. The van der Waals surface area contributed by atoms with Gasteiger partial charge in [-0.3, -0.25) is 9.59 Å². The first kappa shape index (κ1) is 21.6. The van der Waals surface area contributed by atoms with Crippen LogP contribution in [0.3, 0.4) is 0 Å². The molecule has 0 radical (unpaired) electrons. The Morgan fingerprint density at radius 1 is 1.18 bits per heavy atom. The van der Waals surface area contributed by atoms with E-state index in [4.69, 9.17) is 10.5 Å².